The minimum atomic E-state index is -0.790. The van der Waals surface area contributed by atoms with E-state index in [4.69, 9.17) is 0 Å². The predicted octanol–water partition coefficient (Wildman–Crippen LogP) is 0.0108. The highest BCUT2D eigenvalue weighted by Gasteiger charge is 2.19. The van der Waals surface area contributed by atoms with Crippen molar-refractivity contribution in [1.29, 1.82) is 0 Å². The van der Waals surface area contributed by atoms with E-state index in [9.17, 15) is 9.59 Å². The smallest absolute Gasteiger partial charge is 0.225 e. The maximum absolute atomic E-state index is 10.1. The summed E-state index contributed by atoms with van der Waals surface area (Å²) in [6.07, 6.45) is 2.81. The van der Waals surface area contributed by atoms with Crippen LogP contribution in [0.2, 0.25) is 0 Å². The molecule has 9 heavy (non-hydrogen) atoms. The van der Waals surface area contributed by atoms with Gasteiger partial charge in [0.1, 0.15) is 5.54 Å². The van der Waals surface area contributed by atoms with Crippen molar-refractivity contribution in [3.05, 3.63) is 0 Å². The summed E-state index contributed by atoms with van der Waals surface area (Å²) in [4.78, 5) is 19.9. The molecular weight excluding hydrogens is 118 g/mol. The first-order valence-electron chi connectivity index (χ1n) is 2.79. The van der Waals surface area contributed by atoms with Crippen LogP contribution < -0.4 is 5.32 Å². The third-order valence-corrected chi connectivity index (χ3v) is 1.31. The van der Waals surface area contributed by atoms with Gasteiger partial charge in [0.2, 0.25) is 12.7 Å². The molecule has 3 nitrogen and oxygen atoms in total. The first-order valence-corrected chi connectivity index (χ1v) is 2.79. The number of nitrogens with one attached hydrogen (secondary N) is 1. The van der Waals surface area contributed by atoms with E-state index in [1.54, 1.807) is 20.1 Å². The molecule has 0 aliphatic rings. The maximum atomic E-state index is 10.1. The average molecular weight is 128 g/mol. The van der Waals surface area contributed by atoms with Crippen LogP contribution in [-0.2, 0) is 9.59 Å². The topological polar surface area (TPSA) is 46.2 Å². The van der Waals surface area contributed by atoms with Crippen LogP contribution in [0.5, 0.6) is 0 Å². The minimum absolute atomic E-state index is 0.508. The minimum Gasteiger partial charge on any atom is -0.346 e. The molecule has 0 rings (SSSR count). The SMILES string of the molecule is CCC(C)([C]=O)NC=O. The Balaban J connectivity index is 3.90. The second kappa shape index (κ2) is 3.22. The number of amides is 1. The molecule has 0 aromatic carbocycles. The van der Waals surface area contributed by atoms with Crippen molar-refractivity contribution >= 4 is 12.7 Å². The van der Waals surface area contributed by atoms with Crippen LogP contribution in [-0.4, -0.2) is 18.2 Å². The van der Waals surface area contributed by atoms with E-state index in [2.05, 4.69) is 5.32 Å². The summed E-state index contributed by atoms with van der Waals surface area (Å²) >= 11 is 0. The third-order valence-electron chi connectivity index (χ3n) is 1.31. The molecule has 1 atom stereocenters. The van der Waals surface area contributed by atoms with Gasteiger partial charge < -0.3 is 5.32 Å². The standard InChI is InChI=1S/C6H10NO2/c1-3-6(2,4-8)7-5-9/h5H,3H2,1-2H3,(H,7,9). The molecule has 1 N–H and O–H groups in total. The number of hydrogen-bond acceptors (Lipinski definition) is 2. The second-order valence-corrected chi connectivity index (χ2v) is 2.05. The lowest BCUT2D eigenvalue weighted by atomic mass is 10.0. The van der Waals surface area contributed by atoms with Crippen molar-refractivity contribution in [3.63, 3.8) is 0 Å². The van der Waals surface area contributed by atoms with E-state index in [1.165, 1.54) is 0 Å². The summed E-state index contributed by atoms with van der Waals surface area (Å²) in [5, 5.41) is 2.35. The molecule has 0 fully saturated rings. The van der Waals surface area contributed by atoms with Gasteiger partial charge in [0, 0.05) is 0 Å². The van der Waals surface area contributed by atoms with Gasteiger partial charge in [-0.1, -0.05) is 6.92 Å². The zero-order valence-electron chi connectivity index (χ0n) is 5.60. The molecule has 0 saturated heterocycles. The largest absolute Gasteiger partial charge is 0.346 e. The summed E-state index contributed by atoms with van der Waals surface area (Å²) in [6, 6.07) is 0. The van der Waals surface area contributed by atoms with E-state index >= 15 is 0 Å². The van der Waals surface area contributed by atoms with E-state index in [1.807, 2.05) is 0 Å². The van der Waals surface area contributed by atoms with Crippen molar-refractivity contribution in [2.75, 3.05) is 0 Å². The Labute approximate surface area is 54.4 Å². The lowest BCUT2D eigenvalue weighted by Gasteiger charge is -2.17. The number of hydrogen-bond donors (Lipinski definition) is 1. The fourth-order valence-electron chi connectivity index (χ4n) is 0.334. The maximum Gasteiger partial charge on any atom is 0.225 e. The van der Waals surface area contributed by atoms with E-state index in [0.717, 1.165) is 0 Å². The van der Waals surface area contributed by atoms with E-state index in [0.29, 0.717) is 12.8 Å². The highest BCUT2D eigenvalue weighted by atomic mass is 16.1. The van der Waals surface area contributed by atoms with Crippen molar-refractivity contribution in [1.82, 2.24) is 5.32 Å². The Hall–Kier alpha value is -0.860. The summed E-state index contributed by atoms with van der Waals surface area (Å²) in [5.74, 6) is 0. The molecule has 0 aromatic rings. The number of carbonyl (C=O) groups excluding carboxylic acids is 2. The van der Waals surface area contributed by atoms with Crippen LogP contribution in [0.3, 0.4) is 0 Å². The molecule has 0 spiro atoms. The Morgan fingerprint density at radius 2 is 2.33 bits per heavy atom. The Morgan fingerprint density at radius 3 is 2.44 bits per heavy atom. The van der Waals surface area contributed by atoms with Crippen molar-refractivity contribution < 1.29 is 9.59 Å². The fourth-order valence-corrected chi connectivity index (χ4v) is 0.334. The lowest BCUT2D eigenvalue weighted by molar-refractivity contribution is -0.110. The average Bonchev–Trinajstić information content (AvgIpc) is 1.89. The van der Waals surface area contributed by atoms with Gasteiger partial charge in [-0.25, -0.2) is 0 Å². The first kappa shape index (κ1) is 8.14. The Bertz CT molecular complexity index is 114. The van der Waals surface area contributed by atoms with Crippen LogP contribution in [0.4, 0.5) is 0 Å². The molecule has 1 unspecified atom stereocenters. The monoisotopic (exact) mass is 128 g/mol. The highest BCUT2D eigenvalue weighted by Crippen LogP contribution is 2.02. The molecule has 0 saturated carbocycles. The van der Waals surface area contributed by atoms with Crippen molar-refractivity contribution in [3.8, 4) is 0 Å². The first-order chi connectivity index (χ1) is 4.18. The second-order valence-electron chi connectivity index (χ2n) is 2.05. The van der Waals surface area contributed by atoms with Crippen LogP contribution in [0.25, 0.3) is 0 Å². The van der Waals surface area contributed by atoms with Gasteiger partial charge in [-0.2, -0.15) is 0 Å². The molecule has 0 aromatic heterocycles. The third kappa shape index (κ3) is 2.26. The summed E-state index contributed by atoms with van der Waals surface area (Å²) < 4.78 is 0. The van der Waals surface area contributed by atoms with Crippen LogP contribution in [0.1, 0.15) is 20.3 Å². The van der Waals surface area contributed by atoms with Crippen LogP contribution in [0, 0.1) is 0 Å². The van der Waals surface area contributed by atoms with Crippen molar-refractivity contribution in [2.24, 2.45) is 0 Å². The van der Waals surface area contributed by atoms with E-state index < -0.39 is 5.54 Å². The van der Waals surface area contributed by atoms with Crippen molar-refractivity contribution in [2.45, 2.75) is 25.8 Å². The number of rotatable bonds is 4. The van der Waals surface area contributed by atoms with E-state index in [-0.39, 0.29) is 0 Å². The summed E-state index contributed by atoms with van der Waals surface area (Å²) in [5.41, 5.74) is -0.790. The Morgan fingerprint density at radius 1 is 1.78 bits per heavy atom. The summed E-state index contributed by atoms with van der Waals surface area (Å²) in [6.45, 7) is 3.43. The van der Waals surface area contributed by atoms with Gasteiger partial charge >= 0.3 is 0 Å². The van der Waals surface area contributed by atoms with Gasteiger partial charge in [-0.3, -0.25) is 9.59 Å². The molecular formula is C6H10NO2. The summed E-state index contributed by atoms with van der Waals surface area (Å²) in [7, 11) is 0. The zero-order valence-corrected chi connectivity index (χ0v) is 5.60. The molecule has 0 bridgehead atoms. The number of carbonyl (C=O) groups is 1. The molecule has 1 radical (unpaired) electrons. The lowest BCUT2D eigenvalue weighted by Crippen LogP contribution is -2.42. The van der Waals surface area contributed by atoms with Gasteiger partial charge in [0.25, 0.3) is 0 Å². The van der Waals surface area contributed by atoms with Gasteiger partial charge in [0.15, 0.2) is 0 Å². The predicted molar refractivity (Wildman–Crippen MR) is 33.6 cm³/mol. The van der Waals surface area contributed by atoms with Gasteiger partial charge in [0.05, 0.1) is 0 Å². The molecule has 0 aliphatic heterocycles. The van der Waals surface area contributed by atoms with Gasteiger partial charge in [-0.15, -0.1) is 0 Å². The fraction of sp³-hybridized carbons (Fsp3) is 0.667. The normalized spacial score (nSPS) is 15.8. The molecule has 1 amide bonds. The van der Waals surface area contributed by atoms with Crippen LogP contribution in [0.15, 0.2) is 0 Å². The Kier molecular flexibility index (Phi) is 2.91. The molecule has 3 heteroatoms. The van der Waals surface area contributed by atoms with Gasteiger partial charge in [-0.05, 0) is 13.3 Å². The molecule has 51 valence electrons. The van der Waals surface area contributed by atoms with Crippen LogP contribution >= 0.6 is 0 Å². The highest BCUT2D eigenvalue weighted by molar-refractivity contribution is 5.69. The molecule has 0 heterocycles. The quantitative estimate of drug-likeness (QED) is 0.542. The molecule has 0 aliphatic carbocycles. The zero-order chi connectivity index (χ0) is 7.33.